The summed E-state index contributed by atoms with van der Waals surface area (Å²) in [4.78, 5) is 24.0. The zero-order valence-corrected chi connectivity index (χ0v) is 16.7. The summed E-state index contributed by atoms with van der Waals surface area (Å²) in [5.41, 5.74) is 2.73. The summed E-state index contributed by atoms with van der Waals surface area (Å²) in [5.74, 6) is 0.735. The minimum atomic E-state index is -0.298. The average Bonchev–Trinajstić information content (AvgIpc) is 3.26. The normalized spacial score (nSPS) is 15.3. The van der Waals surface area contributed by atoms with Crippen LogP contribution >= 0.6 is 0 Å². The largest absolute Gasteiger partial charge is 0.489 e. The number of likely N-dealkylation sites (tertiary alicyclic amines) is 1. The number of rotatable bonds is 7. The smallest absolute Gasteiger partial charge is 0.242 e. The Labute approximate surface area is 170 Å². The highest BCUT2D eigenvalue weighted by atomic mass is 16.5. The highest BCUT2D eigenvalue weighted by molar-refractivity contribution is 5.84. The van der Waals surface area contributed by atoms with Crippen LogP contribution in [0.15, 0.2) is 54.9 Å². The first-order valence-corrected chi connectivity index (χ1v) is 10.1. The second kappa shape index (κ2) is 9.01. The molecule has 4 rings (SSSR count). The SMILES string of the molecule is Cc1ccc2cccc(OCCNC(=O)[C@@H](c3cccnc3)N3CCCC3)c2n1. The third-order valence-corrected chi connectivity index (χ3v) is 5.24. The molecule has 1 aliphatic rings. The lowest BCUT2D eigenvalue weighted by atomic mass is 10.1. The number of carbonyl (C=O) groups excluding carboxylic acids is 1. The fourth-order valence-corrected chi connectivity index (χ4v) is 3.83. The Bertz CT molecular complexity index is 971. The molecule has 1 amide bonds. The molecule has 0 unspecified atom stereocenters. The van der Waals surface area contributed by atoms with E-state index in [1.807, 2.05) is 49.4 Å². The standard InChI is InChI=1S/C23H26N4O2/c1-17-9-10-18-6-4-8-20(21(18)26-17)29-15-12-25-23(28)22(27-13-2-3-14-27)19-7-5-11-24-16-19/h4-11,16,22H,2-3,12-15H2,1H3,(H,25,28)/t22-/m1/s1. The summed E-state index contributed by atoms with van der Waals surface area (Å²) < 4.78 is 5.93. The number of benzene rings is 1. The maximum Gasteiger partial charge on any atom is 0.242 e. The lowest BCUT2D eigenvalue weighted by molar-refractivity contribution is -0.126. The van der Waals surface area contributed by atoms with Gasteiger partial charge >= 0.3 is 0 Å². The summed E-state index contributed by atoms with van der Waals surface area (Å²) in [7, 11) is 0. The molecule has 6 heteroatoms. The van der Waals surface area contributed by atoms with E-state index >= 15 is 0 Å². The summed E-state index contributed by atoms with van der Waals surface area (Å²) in [6.45, 7) is 4.66. The fraction of sp³-hybridized carbons (Fsp3) is 0.348. The van der Waals surface area contributed by atoms with Crippen LogP contribution in [0.1, 0.15) is 30.1 Å². The van der Waals surface area contributed by atoms with Crippen molar-refractivity contribution in [2.24, 2.45) is 0 Å². The second-order valence-corrected chi connectivity index (χ2v) is 7.35. The molecule has 1 aromatic carbocycles. The van der Waals surface area contributed by atoms with E-state index in [1.165, 1.54) is 0 Å². The summed E-state index contributed by atoms with van der Waals surface area (Å²) in [6, 6.07) is 13.5. The van der Waals surface area contributed by atoms with Gasteiger partial charge in [-0.3, -0.25) is 14.7 Å². The summed E-state index contributed by atoms with van der Waals surface area (Å²) in [5, 5.41) is 4.08. The van der Waals surface area contributed by atoms with Crippen molar-refractivity contribution in [2.45, 2.75) is 25.8 Å². The predicted molar refractivity (Wildman–Crippen MR) is 113 cm³/mol. The Morgan fingerprint density at radius 3 is 2.83 bits per heavy atom. The Balaban J connectivity index is 1.38. The average molecular weight is 390 g/mol. The van der Waals surface area contributed by atoms with Gasteiger partial charge in [0.2, 0.25) is 5.91 Å². The maximum absolute atomic E-state index is 13.0. The van der Waals surface area contributed by atoms with Gasteiger partial charge in [-0.25, -0.2) is 4.98 Å². The topological polar surface area (TPSA) is 67.3 Å². The van der Waals surface area contributed by atoms with E-state index in [0.717, 1.165) is 53.8 Å². The molecule has 3 heterocycles. The molecule has 29 heavy (non-hydrogen) atoms. The molecule has 1 aliphatic heterocycles. The first-order valence-electron chi connectivity index (χ1n) is 10.1. The van der Waals surface area contributed by atoms with E-state index < -0.39 is 0 Å². The number of carbonyl (C=O) groups is 1. The number of aromatic nitrogens is 2. The molecule has 6 nitrogen and oxygen atoms in total. The molecule has 1 N–H and O–H groups in total. The van der Waals surface area contributed by atoms with Gasteiger partial charge in [0.15, 0.2) is 0 Å². The third kappa shape index (κ3) is 4.54. The van der Waals surface area contributed by atoms with Gasteiger partial charge in [-0.1, -0.05) is 24.3 Å². The molecule has 3 aromatic rings. The summed E-state index contributed by atoms with van der Waals surface area (Å²) in [6.07, 6.45) is 5.76. The number of amides is 1. The van der Waals surface area contributed by atoms with Gasteiger partial charge in [0.05, 0.1) is 6.54 Å². The minimum absolute atomic E-state index is 0.00427. The number of fused-ring (bicyclic) bond motifs is 1. The Kier molecular flexibility index (Phi) is 6.00. The number of nitrogens with one attached hydrogen (secondary N) is 1. The van der Waals surface area contributed by atoms with E-state index in [9.17, 15) is 4.79 Å². The van der Waals surface area contributed by atoms with E-state index in [-0.39, 0.29) is 11.9 Å². The van der Waals surface area contributed by atoms with Crippen molar-refractivity contribution in [2.75, 3.05) is 26.2 Å². The fourth-order valence-electron chi connectivity index (χ4n) is 3.83. The van der Waals surface area contributed by atoms with E-state index in [2.05, 4.69) is 20.2 Å². The van der Waals surface area contributed by atoms with Crippen molar-refractivity contribution in [1.82, 2.24) is 20.2 Å². The molecular weight excluding hydrogens is 364 g/mol. The molecule has 0 saturated carbocycles. The van der Waals surface area contributed by atoms with Crippen molar-refractivity contribution < 1.29 is 9.53 Å². The lowest BCUT2D eigenvalue weighted by Crippen LogP contribution is -2.40. The lowest BCUT2D eigenvalue weighted by Gasteiger charge is -2.26. The monoisotopic (exact) mass is 390 g/mol. The molecule has 0 aliphatic carbocycles. The minimum Gasteiger partial charge on any atom is -0.489 e. The van der Waals surface area contributed by atoms with Crippen LogP contribution in [-0.2, 0) is 4.79 Å². The van der Waals surface area contributed by atoms with Crippen molar-refractivity contribution in [1.29, 1.82) is 0 Å². The molecule has 150 valence electrons. The van der Waals surface area contributed by atoms with Crippen molar-refractivity contribution in [3.8, 4) is 5.75 Å². The van der Waals surface area contributed by atoms with Crippen molar-refractivity contribution >= 4 is 16.8 Å². The number of aryl methyl sites for hydroxylation is 1. The van der Waals surface area contributed by atoms with Crippen LogP contribution in [0.4, 0.5) is 0 Å². The zero-order chi connectivity index (χ0) is 20.1. The predicted octanol–water partition coefficient (Wildman–Crippen LogP) is 3.27. The Hall–Kier alpha value is -2.99. The Morgan fingerprint density at radius 1 is 1.17 bits per heavy atom. The van der Waals surface area contributed by atoms with Crippen LogP contribution in [0, 0.1) is 6.92 Å². The van der Waals surface area contributed by atoms with Gasteiger partial charge in [-0.05, 0) is 56.6 Å². The van der Waals surface area contributed by atoms with Crippen LogP contribution in [0.5, 0.6) is 5.75 Å². The van der Waals surface area contributed by atoms with Crippen LogP contribution in [0.3, 0.4) is 0 Å². The molecule has 0 spiro atoms. The number of hydrogen-bond donors (Lipinski definition) is 1. The Morgan fingerprint density at radius 2 is 2.03 bits per heavy atom. The van der Waals surface area contributed by atoms with E-state index in [0.29, 0.717) is 13.2 Å². The van der Waals surface area contributed by atoms with E-state index in [4.69, 9.17) is 4.74 Å². The van der Waals surface area contributed by atoms with Gasteiger partial charge in [0.25, 0.3) is 0 Å². The molecule has 0 bridgehead atoms. The third-order valence-electron chi connectivity index (χ3n) is 5.24. The summed E-state index contributed by atoms with van der Waals surface area (Å²) >= 11 is 0. The number of pyridine rings is 2. The number of hydrogen-bond acceptors (Lipinski definition) is 5. The van der Waals surface area contributed by atoms with E-state index in [1.54, 1.807) is 12.4 Å². The van der Waals surface area contributed by atoms with Gasteiger partial charge in [0, 0.05) is 23.5 Å². The highest BCUT2D eigenvalue weighted by Crippen LogP contribution is 2.25. The van der Waals surface area contributed by atoms with Crippen LogP contribution in [-0.4, -0.2) is 47.0 Å². The van der Waals surface area contributed by atoms with Crippen molar-refractivity contribution in [3.63, 3.8) is 0 Å². The number of para-hydroxylation sites is 1. The molecule has 2 aromatic heterocycles. The van der Waals surface area contributed by atoms with Gasteiger partial charge in [-0.15, -0.1) is 0 Å². The molecular formula is C23H26N4O2. The van der Waals surface area contributed by atoms with Crippen molar-refractivity contribution in [3.05, 3.63) is 66.1 Å². The molecule has 1 saturated heterocycles. The second-order valence-electron chi connectivity index (χ2n) is 7.35. The van der Waals surface area contributed by atoms with Gasteiger partial charge in [-0.2, -0.15) is 0 Å². The quantitative estimate of drug-likeness (QED) is 0.627. The molecule has 1 atom stereocenters. The van der Waals surface area contributed by atoms with Crippen LogP contribution in [0.25, 0.3) is 10.9 Å². The number of ether oxygens (including phenoxy) is 1. The number of nitrogens with zero attached hydrogens (tertiary/aromatic N) is 3. The molecule has 1 fully saturated rings. The molecule has 0 radical (unpaired) electrons. The zero-order valence-electron chi connectivity index (χ0n) is 16.7. The van der Waals surface area contributed by atoms with Gasteiger partial charge < -0.3 is 10.1 Å². The maximum atomic E-state index is 13.0. The first kappa shape index (κ1) is 19.3. The van der Waals surface area contributed by atoms with Crippen LogP contribution < -0.4 is 10.1 Å². The van der Waals surface area contributed by atoms with Crippen LogP contribution in [0.2, 0.25) is 0 Å². The first-order chi connectivity index (χ1) is 14.2. The highest BCUT2D eigenvalue weighted by Gasteiger charge is 2.29. The van der Waals surface area contributed by atoms with Gasteiger partial charge in [0.1, 0.15) is 23.9 Å².